The SMILES string of the molecule is CCCCN1C(=O)C(c2sc(-c3cnc(N=Nc4ccc(N(CC)CCOC(=O)C(C)C)cc4)s3)c3c2OCCO3)=C(C#N)C1=C(C#N)C#N. The van der Waals surface area contributed by atoms with Crippen molar-refractivity contribution in [3.8, 4) is 39.5 Å². The number of hydrogen-bond acceptors (Lipinski definition) is 14. The Balaban J connectivity index is 1.40. The van der Waals surface area contributed by atoms with E-state index in [1.807, 2.05) is 50.3 Å². The summed E-state index contributed by atoms with van der Waals surface area (Å²) in [6, 6.07) is 13.3. The number of rotatable bonds is 13. The summed E-state index contributed by atoms with van der Waals surface area (Å²) < 4.78 is 17.4. The van der Waals surface area contributed by atoms with E-state index in [0.29, 0.717) is 56.5 Å². The van der Waals surface area contributed by atoms with Gasteiger partial charge in [0.1, 0.15) is 38.0 Å². The Bertz CT molecular complexity index is 1970. The first kappa shape index (κ1) is 35.7. The summed E-state index contributed by atoms with van der Waals surface area (Å²) in [6.07, 6.45) is 3.03. The van der Waals surface area contributed by atoms with Crippen LogP contribution in [0.25, 0.3) is 15.3 Å². The lowest BCUT2D eigenvalue weighted by atomic mass is 10.0. The van der Waals surface area contributed by atoms with Crippen LogP contribution < -0.4 is 14.4 Å². The predicted octanol–water partition coefficient (Wildman–Crippen LogP) is 7.30. The van der Waals surface area contributed by atoms with Crippen LogP contribution in [0.15, 0.2) is 57.5 Å². The lowest BCUT2D eigenvalue weighted by Gasteiger charge is -2.23. The summed E-state index contributed by atoms with van der Waals surface area (Å²) in [4.78, 5) is 35.3. The minimum absolute atomic E-state index is 0.0226. The van der Waals surface area contributed by atoms with Gasteiger partial charge < -0.3 is 24.0 Å². The van der Waals surface area contributed by atoms with Gasteiger partial charge in [0, 0.05) is 25.0 Å². The first-order chi connectivity index (χ1) is 24.3. The van der Waals surface area contributed by atoms with Gasteiger partial charge in [-0.2, -0.15) is 15.8 Å². The van der Waals surface area contributed by atoms with E-state index in [2.05, 4.69) is 26.2 Å². The molecule has 1 aromatic carbocycles. The van der Waals surface area contributed by atoms with Gasteiger partial charge in [-0.1, -0.05) is 38.5 Å². The molecule has 4 heterocycles. The molecule has 0 radical (unpaired) electrons. The smallest absolute Gasteiger partial charge is 0.308 e. The highest BCUT2D eigenvalue weighted by atomic mass is 32.1. The molecule has 15 heteroatoms. The number of ether oxygens (including phenoxy) is 3. The normalized spacial score (nSPS) is 13.8. The number of esters is 1. The number of allylic oxidation sites excluding steroid dienone is 2. The second kappa shape index (κ2) is 16.2. The molecule has 0 fully saturated rings. The number of fused-ring (bicyclic) bond motifs is 1. The largest absolute Gasteiger partial charge is 0.485 e. The van der Waals surface area contributed by atoms with Crippen molar-refractivity contribution in [2.75, 3.05) is 44.4 Å². The fourth-order valence-corrected chi connectivity index (χ4v) is 7.32. The van der Waals surface area contributed by atoms with E-state index < -0.39 is 5.91 Å². The van der Waals surface area contributed by atoms with E-state index in [0.717, 1.165) is 18.7 Å². The molecule has 0 bridgehead atoms. The molecule has 2 aliphatic heterocycles. The van der Waals surface area contributed by atoms with Crippen LogP contribution in [0.5, 0.6) is 11.5 Å². The standard InChI is InChI=1S/C35H34N8O5S2/c1-5-7-12-43-28(22(17-36)18-37)25(19-38)27(33(43)44)32-30-29(46-15-16-47-30)31(50-32)26-20-39-35(49-26)41-40-23-8-10-24(11-9-23)42(6-2)13-14-48-34(45)21(3)4/h8-11,20-21H,5-7,12-16H2,1-4H3. The molecule has 0 N–H and O–H groups in total. The van der Waals surface area contributed by atoms with E-state index >= 15 is 0 Å². The average Bonchev–Trinajstić information content (AvgIpc) is 3.83. The quantitative estimate of drug-likeness (QED) is 0.0993. The lowest BCUT2D eigenvalue weighted by molar-refractivity contribution is -0.147. The Hall–Kier alpha value is -5.56. The first-order valence-electron chi connectivity index (χ1n) is 16.1. The number of carbonyl (C=O) groups excluding carboxylic acids is 2. The summed E-state index contributed by atoms with van der Waals surface area (Å²) in [7, 11) is 0. The summed E-state index contributed by atoms with van der Waals surface area (Å²) in [5.41, 5.74) is 1.34. The lowest BCUT2D eigenvalue weighted by Crippen LogP contribution is -2.28. The van der Waals surface area contributed by atoms with Crippen molar-refractivity contribution in [3.63, 3.8) is 0 Å². The molecule has 3 aromatic rings. The summed E-state index contributed by atoms with van der Waals surface area (Å²) >= 11 is 2.49. The Morgan fingerprint density at radius 1 is 1.06 bits per heavy atom. The zero-order chi connectivity index (χ0) is 35.8. The number of hydrogen-bond donors (Lipinski definition) is 0. The average molecular weight is 711 g/mol. The van der Waals surface area contributed by atoms with Crippen LogP contribution in [0.4, 0.5) is 16.5 Å². The first-order valence-corrected chi connectivity index (χ1v) is 17.7. The molecule has 2 aliphatic rings. The van der Waals surface area contributed by atoms with Crippen molar-refractivity contribution in [2.24, 2.45) is 16.1 Å². The van der Waals surface area contributed by atoms with E-state index in [-0.39, 0.29) is 54.1 Å². The molecular weight excluding hydrogens is 677 g/mol. The number of amides is 1. The molecule has 50 heavy (non-hydrogen) atoms. The molecule has 1 amide bonds. The number of thiazole rings is 1. The summed E-state index contributed by atoms with van der Waals surface area (Å²) in [5, 5.41) is 38.6. The number of benzene rings is 1. The number of aromatic nitrogens is 1. The minimum atomic E-state index is -0.473. The molecule has 0 aliphatic carbocycles. The van der Waals surface area contributed by atoms with E-state index in [9.17, 15) is 25.4 Å². The van der Waals surface area contributed by atoms with Crippen LogP contribution in [-0.4, -0.2) is 61.2 Å². The third-order valence-corrected chi connectivity index (χ3v) is 10.0. The number of likely N-dealkylation sites (N-methyl/N-ethyl adjacent to an activating group) is 1. The topological polar surface area (TPSA) is 177 Å². The van der Waals surface area contributed by atoms with Crippen molar-refractivity contribution >= 4 is 56.6 Å². The monoisotopic (exact) mass is 710 g/mol. The Morgan fingerprint density at radius 3 is 2.38 bits per heavy atom. The molecule has 256 valence electrons. The van der Waals surface area contributed by atoms with Crippen molar-refractivity contribution in [3.05, 3.63) is 52.2 Å². The maximum Gasteiger partial charge on any atom is 0.308 e. The highest BCUT2D eigenvalue weighted by Crippen LogP contribution is 2.55. The maximum atomic E-state index is 13.9. The molecule has 2 aromatic heterocycles. The molecule has 0 spiro atoms. The Morgan fingerprint density at radius 2 is 1.76 bits per heavy atom. The number of nitriles is 3. The van der Waals surface area contributed by atoms with Gasteiger partial charge in [-0.15, -0.1) is 21.6 Å². The van der Waals surface area contributed by atoms with Crippen LogP contribution in [0, 0.1) is 39.9 Å². The van der Waals surface area contributed by atoms with Crippen molar-refractivity contribution in [1.29, 1.82) is 15.8 Å². The van der Waals surface area contributed by atoms with Gasteiger partial charge in [0.25, 0.3) is 5.91 Å². The number of azo groups is 1. The maximum absolute atomic E-state index is 13.9. The third kappa shape index (κ3) is 7.37. The molecule has 0 saturated carbocycles. The van der Waals surface area contributed by atoms with Crippen molar-refractivity contribution in [1.82, 2.24) is 9.88 Å². The Kier molecular flexibility index (Phi) is 11.6. The van der Waals surface area contributed by atoms with Crippen LogP contribution in [0.1, 0.15) is 45.4 Å². The van der Waals surface area contributed by atoms with Gasteiger partial charge in [0.05, 0.1) is 49.6 Å². The minimum Gasteiger partial charge on any atom is -0.485 e. The molecule has 0 saturated heterocycles. The van der Waals surface area contributed by atoms with Gasteiger partial charge in [-0.05, 0) is 37.6 Å². The fraction of sp³-hybridized carbons (Fsp3) is 0.371. The second-order valence-corrected chi connectivity index (χ2v) is 13.4. The van der Waals surface area contributed by atoms with E-state index in [4.69, 9.17) is 14.2 Å². The van der Waals surface area contributed by atoms with Gasteiger partial charge in [-0.25, -0.2) is 4.98 Å². The van der Waals surface area contributed by atoms with Crippen LogP contribution in [0.3, 0.4) is 0 Å². The van der Waals surface area contributed by atoms with Crippen molar-refractivity contribution in [2.45, 2.75) is 40.5 Å². The summed E-state index contributed by atoms with van der Waals surface area (Å²) in [6.45, 7) is 10.00. The highest BCUT2D eigenvalue weighted by molar-refractivity contribution is 7.24. The number of thiophene rings is 1. The number of carbonyl (C=O) groups is 2. The third-order valence-electron chi connectivity index (χ3n) is 7.79. The Labute approximate surface area is 297 Å². The van der Waals surface area contributed by atoms with Gasteiger partial charge in [0.2, 0.25) is 5.13 Å². The van der Waals surface area contributed by atoms with Gasteiger partial charge in [-0.3, -0.25) is 9.59 Å². The zero-order valence-electron chi connectivity index (χ0n) is 28.1. The summed E-state index contributed by atoms with van der Waals surface area (Å²) in [5.74, 6) is -0.103. The highest BCUT2D eigenvalue weighted by Gasteiger charge is 2.42. The van der Waals surface area contributed by atoms with E-state index in [1.165, 1.54) is 27.6 Å². The molecule has 5 rings (SSSR count). The molecule has 0 unspecified atom stereocenters. The van der Waals surface area contributed by atoms with Gasteiger partial charge >= 0.3 is 5.97 Å². The van der Waals surface area contributed by atoms with Gasteiger partial charge in [0.15, 0.2) is 17.1 Å². The van der Waals surface area contributed by atoms with Crippen LogP contribution in [0.2, 0.25) is 0 Å². The number of anilines is 1. The second-order valence-electron chi connectivity index (χ2n) is 11.4. The number of unbranched alkanes of at least 4 members (excludes halogenated alkanes) is 1. The van der Waals surface area contributed by atoms with Crippen LogP contribution >= 0.6 is 22.7 Å². The fourth-order valence-electron chi connectivity index (χ4n) is 5.25. The zero-order valence-corrected chi connectivity index (χ0v) is 29.7. The predicted molar refractivity (Wildman–Crippen MR) is 188 cm³/mol. The molecule has 13 nitrogen and oxygen atoms in total. The number of nitrogens with zero attached hydrogens (tertiary/aromatic N) is 8. The molecule has 0 atom stereocenters. The van der Waals surface area contributed by atoms with E-state index in [1.54, 1.807) is 20.0 Å². The van der Waals surface area contributed by atoms with Crippen LogP contribution in [-0.2, 0) is 14.3 Å². The van der Waals surface area contributed by atoms with Crippen molar-refractivity contribution < 1.29 is 23.8 Å². The molecular formula is C35H34N8O5S2.